The molecule has 0 aliphatic carbocycles. The molecule has 0 bridgehead atoms. The van der Waals surface area contributed by atoms with Crippen molar-refractivity contribution in [3.8, 4) is 0 Å². The molecule has 1 saturated heterocycles. The molecule has 2 aromatic carbocycles. The summed E-state index contributed by atoms with van der Waals surface area (Å²) in [7, 11) is -3.01. The number of amidine groups is 1. The van der Waals surface area contributed by atoms with E-state index in [0.29, 0.717) is 0 Å². The van der Waals surface area contributed by atoms with Crippen LogP contribution >= 0.6 is 11.8 Å². The van der Waals surface area contributed by atoms with E-state index in [1.807, 2.05) is 18.2 Å². The van der Waals surface area contributed by atoms with Crippen molar-refractivity contribution in [1.29, 1.82) is 0 Å². The maximum absolute atomic E-state index is 12.1. The molecule has 4 rings (SSSR count). The molecule has 6 heteroatoms. The number of aliphatic imine (C=N–C) groups is 1. The van der Waals surface area contributed by atoms with Crippen LogP contribution < -0.4 is 4.90 Å². The number of anilines is 1. The van der Waals surface area contributed by atoms with Crippen molar-refractivity contribution in [2.45, 2.75) is 31.7 Å². The van der Waals surface area contributed by atoms with Crippen LogP contribution in [0.5, 0.6) is 0 Å². The Morgan fingerprint density at radius 1 is 1.08 bits per heavy atom. The molecule has 26 heavy (non-hydrogen) atoms. The average Bonchev–Trinajstić information content (AvgIpc) is 3.07. The van der Waals surface area contributed by atoms with E-state index in [2.05, 4.69) is 49.1 Å². The molecule has 0 aromatic heterocycles. The van der Waals surface area contributed by atoms with Gasteiger partial charge in [0.2, 0.25) is 0 Å². The molecule has 0 N–H and O–H groups in total. The lowest BCUT2D eigenvalue weighted by Crippen LogP contribution is -2.39. The standard InChI is InChI=1S/C20H22N2O2S2/c1-14-8-9-17(10-15(14)2)22-19-13-26(23,24)12-18(19)21-20(22)25-11-16-6-4-3-5-7-16/h3-10,18-19H,11-13H2,1-2H3/t18-,19+/m0/s1. The van der Waals surface area contributed by atoms with Gasteiger partial charge in [0, 0.05) is 11.4 Å². The number of thioether (sulfide) groups is 1. The minimum atomic E-state index is -3.01. The van der Waals surface area contributed by atoms with Crippen molar-refractivity contribution in [3.05, 3.63) is 65.2 Å². The first kappa shape index (κ1) is 17.6. The molecule has 4 nitrogen and oxygen atoms in total. The van der Waals surface area contributed by atoms with Crippen molar-refractivity contribution >= 4 is 32.5 Å². The highest BCUT2D eigenvalue weighted by Gasteiger charge is 2.47. The first-order valence-electron chi connectivity index (χ1n) is 8.74. The van der Waals surface area contributed by atoms with Crippen LogP contribution in [0.3, 0.4) is 0 Å². The van der Waals surface area contributed by atoms with Crippen molar-refractivity contribution in [2.24, 2.45) is 4.99 Å². The molecule has 0 saturated carbocycles. The predicted molar refractivity (Wildman–Crippen MR) is 110 cm³/mol. The Bertz CT molecular complexity index is 955. The highest BCUT2D eigenvalue weighted by Crippen LogP contribution is 2.36. The van der Waals surface area contributed by atoms with Crippen LogP contribution in [-0.2, 0) is 15.6 Å². The molecule has 2 aromatic rings. The molecule has 2 atom stereocenters. The number of fused-ring (bicyclic) bond motifs is 1. The van der Waals surface area contributed by atoms with E-state index >= 15 is 0 Å². The second-order valence-electron chi connectivity index (χ2n) is 7.04. The fourth-order valence-electron chi connectivity index (χ4n) is 3.53. The SMILES string of the molecule is Cc1ccc(N2C(SCc3ccccc3)=N[C@H]3CS(=O)(=O)C[C@H]32)cc1C. The largest absolute Gasteiger partial charge is 0.315 e. The summed E-state index contributed by atoms with van der Waals surface area (Å²) in [5, 5.41) is 0.932. The van der Waals surface area contributed by atoms with Gasteiger partial charge in [-0.3, -0.25) is 4.99 Å². The zero-order valence-corrected chi connectivity index (χ0v) is 16.6. The molecule has 2 aliphatic heterocycles. The first-order valence-corrected chi connectivity index (χ1v) is 11.5. The fraction of sp³-hybridized carbons (Fsp3) is 0.350. The quantitative estimate of drug-likeness (QED) is 0.809. The highest BCUT2D eigenvalue weighted by atomic mass is 32.2. The number of hydrogen-bond donors (Lipinski definition) is 0. The number of benzene rings is 2. The molecule has 0 unspecified atom stereocenters. The Balaban J connectivity index is 1.65. The summed E-state index contributed by atoms with van der Waals surface area (Å²) in [6, 6.07) is 16.4. The van der Waals surface area contributed by atoms with Gasteiger partial charge in [-0.25, -0.2) is 8.42 Å². The van der Waals surface area contributed by atoms with E-state index in [9.17, 15) is 8.42 Å². The van der Waals surface area contributed by atoms with Gasteiger partial charge in [-0.1, -0.05) is 48.2 Å². The van der Waals surface area contributed by atoms with E-state index in [1.54, 1.807) is 11.8 Å². The first-order chi connectivity index (χ1) is 12.4. The zero-order valence-electron chi connectivity index (χ0n) is 14.9. The second kappa shape index (κ2) is 6.74. The average molecular weight is 387 g/mol. The molecular formula is C20H22N2O2S2. The molecule has 2 heterocycles. The van der Waals surface area contributed by atoms with Gasteiger partial charge in [0.25, 0.3) is 0 Å². The van der Waals surface area contributed by atoms with Gasteiger partial charge < -0.3 is 4.90 Å². The van der Waals surface area contributed by atoms with Crippen molar-refractivity contribution in [1.82, 2.24) is 0 Å². The van der Waals surface area contributed by atoms with Crippen LogP contribution in [0.4, 0.5) is 5.69 Å². The summed E-state index contributed by atoms with van der Waals surface area (Å²) in [5.74, 6) is 1.17. The molecule has 1 fully saturated rings. The van der Waals surface area contributed by atoms with E-state index < -0.39 is 9.84 Å². The lowest BCUT2D eigenvalue weighted by atomic mass is 10.1. The molecule has 0 amide bonds. The van der Waals surface area contributed by atoms with Gasteiger partial charge in [-0.15, -0.1) is 0 Å². The van der Waals surface area contributed by atoms with Gasteiger partial charge in [0.05, 0.1) is 23.6 Å². The zero-order chi connectivity index (χ0) is 18.3. The summed E-state index contributed by atoms with van der Waals surface area (Å²) in [5.41, 5.74) is 4.72. The monoisotopic (exact) mass is 386 g/mol. The Hall–Kier alpha value is -1.79. The van der Waals surface area contributed by atoms with E-state index in [-0.39, 0.29) is 23.6 Å². The summed E-state index contributed by atoms with van der Waals surface area (Å²) >= 11 is 1.69. The molecular weight excluding hydrogens is 364 g/mol. The van der Waals surface area contributed by atoms with Crippen LogP contribution in [0.15, 0.2) is 53.5 Å². The van der Waals surface area contributed by atoms with Crippen LogP contribution in [0.25, 0.3) is 0 Å². The molecule has 136 valence electrons. The number of sulfone groups is 1. The fourth-order valence-corrected chi connectivity index (χ4v) is 6.46. The van der Waals surface area contributed by atoms with Crippen LogP contribution in [0.1, 0.15) is 16.7 Å². The van der Waals surface area contributed by atoms with Gasteiger partial charge in [-0.05, 0) is 42.7 Å². The molecule has 2 aliphatic rings. The maximum Gasteiger partial charge on any atom is 0.164 e. The van der Waals surface area contributed by atoms with Gasteiger partial charge in [0.1, 0.15) is 0 Å². The molecule has 0 spiro atoms. The van der Waals surface area contributed by atoms with Gasteiger partial charge in [-0.2, -0.15) is 0 Å². The minimum absolute atomic E-state index is 0.0830. The van der Waals surface area contributed by atoms with Crippen LogP contribution in [0.2, 0.25) is 0 Å². The second-order valence-corrected chi connectivity index (χ2v) is 10.1. The summed E-state index contributed by atoms with van der Waals surface area (Å²) < 4.78 is 24.3. The third-order valence-electron chi connectivity index (χ3n) is 5.09. The van der Waals surface area contributed by atoms with Gasteiger partial charge in [0.15, 0.2) is 15.0 Å². The third kappa shape index (κ3) is 3.40. The Labute approximate surface area is 159 Å². The normalized spacial score (nSPS) is 23.8. The highest BCUT2D eigenvalue weighted by molar-refractivity contribution is 8.13. The number of hydrogen-bond acceptors (Lipinski definition) is 5. The van der Waals surface area contributed by atoms with Gasteiger partial charge >= 0.3 is 0 Å². The van der Waals surface area contributed by atoms with Crippen LogP contribution in [-0.4, -0.2) is 37.2 Å². The number of aryl methyl sites for hydroxylation is 2. The Morgan fingerprint density at radius 3 is 2.58 bits per heavy atom. The van der Waals surface area contributed by atoms with E-state index in [1.165, 1.54) is 16.7 Å². The Morgan fingerprint density at radius 2 is 1.85 bits per heavy atom. The smallest absolute Gasteiger partial charge is 0.164 e. The summed E-state index contributed by atoms with van der Waals surface area (Å²) in [6.45, 7) is 4.18. The Kier molecular flexibility index (Phi) is 4.57. The van der Waals surface area contributed by atoms with Crippen molar-refractivity contribution in [3.63, 3.8) is 0 Å². The number of nitrogens with zero attached hydrogens (tertiary/aromatic N) is 2. The van der Waals surface area contributed by atoms with Crippen LogP contribution in [0, 0.1) is 13.8 Å². The lowest BCUT2D eigenvalue weighted by molar-refractivity contribution is 0.601. The van der Waals surface area contributed by atoms with E-state index in [0.717, 1.165) is 16.6 Å². The summed E-state index contributed by atoms with van der Waals surface area (Å²) in [4.78, 5) is 6.95. The summed E-state index contributed by atoms with van der Waals surface area (Å²) in [6.07, 6.45) is 0. The van der Waals surface area contributed by atoms with E-state index in [4.69, 9.17) is 4.99 Å². The predicted octanol–water partition coefficient (Wildman–Crippen LogP) is 3.58. The maximum atomic E-state index is 12.1. The number of rotatable bonds is 3. The van der Waals surface area contributed by atoms with Crippen molar-refractivity contribution < 1.29 is 8.42 Å². The molecule has 0 radical (unpaired) electrons. The lowest BCUT2D eigenvalue weighted by Gasteiger charge is -2.27. The minimum Gasteiger partial charge on any atom is -0.315 e. The third-order valence-corrected chi connectivity index (χ3v) is 7.82. The van der Waals surface area contributed by atoms with Crippen molar-refractivity contribution in [2.75, 3.05) is 16.4 Å². The topological polar surface area (TPSA) is 49.7 Å².